The molecule has 4 heterocycles. The SMILES string of the molecule is Cn1c(-c2ccco2)c[n+](-c2ccco2)c1-c1ccco1.O=S(=O)([O-])C(F)(F)F. The van der Waals surface area contributed by atoms with Crippen molar-refractivity contribution in [3.8, 4) is 28.9 Å². The van der Waals surface area contributed by atoms with Crippen LogP contribution in [0, 0.1) is 0 Å². The number of halogens is 3. The summed E-state index contributed by atoms with van der Waals surface area (Å²) < 4.78 is 79.4. The molecular weight excluding hydrogens is 417 g/mol. The van der Waals surface area contributed by atoms with E-state index in [9.17, 15) is 13.2 Å². The first-order valence-electron chi connectivity index (χ1n) is 7.85. The highest BCUT2D eigenvalue weighted by Crippen LogP contribution is 2.26. The molecule has 0 saturated heterocycles. The first-order valence-corrected chi connectivity index (χ1v) is 9.25. The Bertz CT molecular complexity index is 1160. The van der Waals surface area contributed by atoms with E-state index in [0.29, 0.717) is 0 Å². The second kappa shape index (κ2) is 7.64. The second-order valence-electron chi connectivity index (χ2n) is 5.57. The van der Waals surface area contributed by atoms with Gasteiger partial charge in [0.05, 0.1) is 25.8 Å². The second-order valence-corrected chi connectivity index (χ2v) is 6.94. The summed E-state index contributed by atoms with van der Waals surface area (Å²) in [6.07, 6.45) is 6.93. The lowest BCUT2D eigenvalue weighted by Crippen LogP contribution is -2.30. The zero-order valence-electron chi connectivity index (χ0n) is 14.7. The van der Waals surface area contributed by atoms with Crippen LogP contribution in [0.25, 0.3) is 28.9 Å². The van der Waals surface area contributed by atoms with Crippen molar-refractivity contribution in [3.63, 3.8) is 0 Å². The minimum atomic E-state index is -6.09. The molecule has 0 aromatic carbocycles. The molecular formula is C17H13F3N2O6S. The van der Waals surface area contributed by atoms with E-state index in [4.69, 9.17) is 26.2 Å². The van der Waals surface area contributed by atoms with Gasteiger partial charge in [0.25, 0.3) is 5.88 Å². The van der Waals surface area contributed by atoms with Gasteiger partial charge in [0.1, 0.15) is 0 Å². The molecule has 4 aromatic rings. The predicted octanol–water partition coefficient (Wildman–Crippen LogP) is 3.47. The van der Waals surface area contributed by atoms with Crippen molar-refractivity contribution in [2.24, 2.45) is 7.05 Å². The zero-order valence-corrected chi connectivity index (χ0v) is 15.5. The highest BCUT2D eigenvalue weighted by atomic mass is 32.2. The molecule has 4 rings (SSSR count). The fraction of sp³-hybridized carbons (Fsp3) is 0.118. The lowest BCUT2D eigenvalue weighted by molar-refractivity contribution is -0.597. The molecule has 0 atom stereocenters. The summed E-state index contributed by atoms with van der Waals surface area (Å²) in [4.78, 5) is 0. The lowest BCUT2D eigenvalue weighted by Gasteiger charge is -2.08. The molecule has 0 spiro atoms. The van der Waals surface area contributed by atoms with Crippen LogP contribution in [0.3, 0.4) is 0 Å². The van der Waals surface area contributed by atoms with Gasteiger partial charge in [-0.2, -0.15) is 17.7 Å². The van der Waals surface area contributed by atoms with Crippen molar-refractivity contribution in [1.29, 1.82) is 0 Å². The molecule has 0 radical (unpaired) electrons. The van der Waals surface area contributed by atoms with E-state index < -0.39 is 15.6 Å². The molecule has 0 amide bonds. The summed E-state index contributed by atoms with van der Waals surface area (Å²) in [6.45, 7) is 0. The van der Waals surface area contributed by atoms with Crippen molar-refractivity contribution < 1.29 is 44.0 Å². The molecule has 0 aliphatic rings. The van der Waals surface area contributed by atoms with E-state index >= 15 is 0 Å². The molecule has 0 aliphatic heterocycles. The molecule has 0 N–H and O–H groups in total. The Balaban J connectivity index is 0.000000258. The Morgan fingerprint density at radius 3 is 1.93 bits per heavy atom. The Hall–Kier alpha value is -3.25. The van der Waals surface area contributed by atoms with Crippen LogP contribution in [0.1, 0.15) is 0 Å². The molecule has 0 aliphatic carbocycles. The van der Waals surface area contributed by atoms with Gasteiger partial charge in [0, 0.05) is 6.07 Å². The molecule has 12 heteroatoms. The maximum atomic E-state index is 10.7. The van der Waals surface area contributed by atoms with Gasteiger partial charge in [-0.25, -0.2) is 13.0 Å². The van der Waals surface area contributed by atoms with Crippen LogP contribution in [0.5, 0.6) is 0 Å². The van der Waals surface area contributed by atoms with Gasteiger partial charge in [-0.3, -0.25) is 0 Å². The van der Waals surface area contributed by atoms with Gasteiger partial charge in [-0.15, -0.1) is 0 Å². The molecule has 0 fully saturated rings. The van der Waals surface area contributed by atoms with Crippen molar-refractivity contribution in [2.75, 3.05) is 0 Å². The number of hydrogen-bond acceptors (Lipinski definition) is 6. The molecule has 0 unspecified atom stereocenters. The third-order valence-corrected chi connectivity index (χ3v) is 4.27. The number of nitrogens with zero attached hydrogens (tertiary/aromatic N) is 2. The average molecular weight is 430 g/mol. The largest absolute Gasteiger partial charge is 0.741 e. The number of furan rings is 3. The number of imidazole rings is 1. The van der Waals surface area contributed by atoms with E-state index in [1.165, 1.54) is 0 Å². The van der Waals surface area contributed by atoms with Crippen LogP contribution in [-0.4, -0.2) is 23.0 Å². The smallest absolute Gasteiger partial charge is 0.485 e. The van der Waals surface area contributed by atoms with Gasteiger partial charge < -0.3 is 17.8 Å². The Kier molecular flexibility index (Phi) is 5.40. The number of hydrogen-bond donors (Lipinski definition) is 0. The molecule has 29 heavy (non-hydrogen) atoms. The van der Waals surface area contributed by atoms with E-state index in [1.54, 1.807) is 18.8 Å². The summed E-state index contributed by atoms with van der Waals surface area (Å²) in [5.74, 6) is 3.14. The fourth-order valence-corrected chi connectivity index (χ4v) is 2.46. The third-order valence-electron chi connectivity index (χ3n) is 3.70. The van der Waals surface area contributed by atoms with E-state index in [0.717, 1.165) is 28.9 Å². The zero-order chi connectivity index (χ0) is 21.2. The van der Waals surface area contributed by atoms with E-state index in [1.807, 2.05) is 58.8 Å². The van der Waals surface area contributed by atoms with Crippen LogP contribution >= 0.6 is 0 Å². The summed E-state index contributed by atoms with van der Waals surface area (Å²) in [5, 5.41) is 0. The van der Waals surface area contributed by atoms with Gasteiger partial charge in [0.15, 0.2) is 22.1 Å². The van der Waals surface area contributed by atoms with Gasteiger partial charge in [0.2, 0.25) is 11.5 Å². The Morgan fingerprint density at radius 1 is 0.966 bits per heavy atom. The predicted molar refractivity (Wildman–Crippen MR) is 90.4 cm³/mol. The van der Waals surface area contributed by atoms with Crippen molar-refractivity contribution in [1.82, 2.24) is 4.57 Å². The van der Waals surface area contributed by atoms with Crippen LogP contribution in [0.2, 0.25) is 0 Å². The highest BCUT2D eigenvalue weighted by Gasteiger charge is 2.37. The van der Waals surface area contributed by atoms with Crippen LogP contribution in [-0.2, 0) is 17.2 Å². The maximum Gasteiger partial charge on any atom is 0.485 e. The lowest BCUT2D eigenvalue weighted by atomic mass is 10.3. The summed E-state index contributed by atoms with van der Waals surface area (Å²) in [6, 6.07) is 11.3. The van der Waals surface area contributed by atoms with E-state index in [2.05, 4.69) is 0 Å². The molecule has 4 aromatic heterocycles. The third kappa shape index (κ3) is 4.27. The molecule has 8 nitrogen and oxygen atoms in total. The quantitative estimate of drug-likeness (QED) is 0.280. The van der Waals surface area contributed by atoms with Crippen molar-refractivity contribution in [3.05, 3.63) is 61.4 Å². The van der Waals surface area contributed by atoms with Crippen LogP contribution in [0.15, 0.2) is 74.6 Å². The first-order chi connectivity index (χ1) is 13.6. The van der Waals surface area contributed by atoms with Crippen LogP contribution in [0.4, 0.5) is 13.2 Å². The van der Waals surface area contributed by atoms with Crippen molar-refractivity contribution in [2.45, 2.75) is 5.51 Å². The summed E-state index contributed by atoms with van der Waals surface area (Å²) in [5.41, 5.74) is -4.71. The van der Waals surface area contributed by atoms with Gasteiger partial charge >= 0.3 is 11.3 Å². The van der Waals surface area contributed by atoms with Crippen LogP contribution < -0.4 is 4.57 Å². The Labute approximate surface area is 162 Å². The number of alkyl halides is 3. The summed E-state index contributed by atoms with van der Waals surface area (Å²) >= 11 is 0. The Morgan fingerprint density at radius 2 is 1.48 bits per heavy atom. The van der Waals surface area contributed by atoms with Crippen molar-refractivity contribution >= 4 is 10.1 Å². The monoisotopic (exact) mass is 430 g/mol. The number of rotatable bonds is 3. The normalized spacial score (nSPS) is 11.9. The minimum Gasteiger partial charge on any atom is -0.741 e. The fourth-order valence-electron chi connectivity index (χ4n) is 2.46. The van der Waals surface area contributed by atoms with Gasteiger partial charge in [-0.1, -0.05) is 0 Å². The first kappa shape index (κ1) is 20.5. The van der Waals surface area contributed by atoms with E-state index in [-0.39, 0.29) is 0 Å². The average Bonchev–Trinajstić information content (AvgIpc) is 3.41. The van der Waals surface area contributed by atoms with Gasteiger partial charge in [-0.05, 0) is 30.3 Å². The highest BCUT2D eigenvalue weighted by molar-refractivity contribution is 7.86. The standard InChI is InChI=1S/C16H13N2O3.CHF3O3S/c1-17-12(13-5-2-8-19-13)11-18(15-7-4-10-21-15)16(17)14-6-3-9-20-14;2-1(3,4)8(5,6)7/h2-11H,1H3;(H,5,6,7)/q+1;/p-1. The topological polar surface area (TPSA) is 105 Å². The number of aromatic nitrogens is 2. The molecule has 0 saturated carbocycles. The molecule has 0 bridgehead atoms. The molecule has 154 valence electrons. The maximum absolute atomic E-state index is 10.7. The summed E-state index contributed by atoms with van der Waals surface area (Å²) in [7, 11) is -4.12. The minimum absolute atomic E-state index is 0.717.